The van der Waals surface area contributed by atoms with Crippen molar-refractivity contribution in [3.05, 3.63) is 70.5 Å². The molecule has 0 bridgehead atoms. The summed E-state index contributed by atoms with van der Waals surface area (Å²) >= 11 is 0. The molecule has 0 fully saturated rings. The molecule has 1 heterocycles. The molecule has 0 spiro atoms. The van der Waals surface area contributed by atoms with Crippen molar-refractivity contribution in [1.82, 2.24) is 5.16 Å². The Balaban J connectivity index is 1.63. The summed E-state index contributed by atoms with van der Waals surface area (Å²) < 4.78 is 16.5. The molecule has 0 radical (unpaired) electrons. The minimum absolute atomic E-state index is 0.141. The van der Waals surface area contributed by atoms with E-state index in [0.717, 1.165) is 22.6 Å². The molecule has 0 amide bonds. The Hall–Kier alpha value is -2.95. The molecule has 2 aromatic carbocycles. The van der Waals surface area contributed by atoms with Gasteiger partial charge in [-0.1, -0.05) is 12.1 Å². The van der Waals surface area contributed by atoms with Crippen molar-refractivity contribution in [3.63, 3.8) is 0 Å². The number of nitrogens with one attached hydrogen (secondary N) is 1. The largest absolute Gasteiger partial charge is 0.491 e. The molecule has 0 aliphatic carbocycles. The normalized spacial score (nSPS) is 10.8. The quantitative estimate of drug-likeness (QED) is 0.744. The van der Waals surface area contributed by atoms with Crippen LogP contribution >= 0.6 is 0 Å². The second-order valence-corrected chi connectivity index (χ2v) is 5.70. The summed E-state index contributed by atoms with van der Waals surface area (Å²) in [5.41, 5.74) is 1.59. The number of aromatic amines is 1. The Morgan fingerprint density at radius 1 is 1.04 bits per heavy atom. The maximum Gasteiger partial charge on any atom is 0.280 e. The van der Waals surface area contributed by atoms with Gasteiger partial charge in [0.15, 0.2) is 5.76 Å². The molecule has 3 rings (SSSR count). The Morgan fingerprint density at radius 2 is 1.83 bits per heavy atom. The van der Waals surface area contributed by atoms with Crippen LogP contribution in [0.5, 0.6) is 11.5 Å². The molecule has 5 nitrogen and oxygen atoms in total. The average molecular weight is 325 g/mol. The fraction of sp³-hybridized carbons (Fsp3) is 0.211. The first-order valence-electron chi connectivity index (χ1n) is 7.77. The van der Waals surface area contributed by atoms with E-state index in [4.69, 9.17) is 14.0 Å². The van der Waals surface area contributed by atoms with E-state index in [1.165, 1.54) is 6.07 Å². The fourth-order valence-corrected chi connectivity index (χ4v) is 2.29. The lowest BCUT2D eigenvalue weighted by Gasteiger charge is -2.11. The Bertz CT molecular complexity index is 846. The first-order valence-corrected chi connectivity index (χ1v) is 7.77. The monoisotopic (exact) mass is 325 g/mol. The van der Waals surface area contributed by atoms with Crippen molar-refractivity contribution in [2.75, 3.05) is 0 Å². The highest BCUT2D eigenvalue weighted by Crippen LogP contribution is 2.22. The third kappa shape index (κ3) is 4.07. The van der Waals surface area contributed by atoms with Crippen LogP contribution in [0.2, 0.25) is 0 Å². The summed E-state index contributed by atoms with van der Waals surface area (Å²) in [4.78, 5) is 11.1. The zero-order valence-corrected chi connectivity index (χ0v) is 13.6. The third-order valence-corrected chi connectivity index (χ3v) is 3.34. The predicted octanol–water partition coefficient (Wildman–Crippen LogP) is 4.00. The lowest BCUT2D eigenvalue weighted by atomic mass is 10.1. The van der Waals surface area contributed by atoms with Crippen LogP contribution < -0.4 is 15.0 Å². The van der Waals surface area contributed by atoms with Crippen LogP contribution in [-0.2, 0) is 6.61 Å². The third-order valence-electron chi connectivity index (χ3n) is 3.34. The topological polar surface area (TPSA) is 64.5 Å². The minimum Gasteiger partial charge on any atom is -0.491 e. The van der Waals surface area contributed by atoms with Gasteiger partial charge in [-0.3, -0.25) is 4.79 Å². The second-order valence-electron chi connectivity index (χ2n) is 5.70. The van der Waals surface area contributed by atoms with Gasteiger partial charge in [0.1, 0.15) is 18.1 Å². The van der Waals surface area contributed by atoms with Crippen molar-refractivity contribution in [2.45, 2.75) is 26.6 Å². The van der Waals surface area contributed by atoms with Gasteiger partial charge in [-0.15, -0.1) is 0 Å². The minimum atomic E-state index is -0.256. The smallest absolute Gasteiger partial charge is 0.280 e. The number of H-pyrrole nitrogens is 1. The summed E-state index contributed by atoms with van der Waals surface area (Å²) in [6, 6.07) is 16.7. The van der Waals surface area contributed by atoms with Gasteiger partial charge in [0.05, 0.1) is 12.2 Å². The van der Waals surface area contributed by atoms with Crippen molar-refractivity contribution >= 4 is 0 Å². The van der Waals surface area contributed by atoms with E-state index in [1.807, 2.05) is 62.4 Å². The van der Waals surface area contributed by atoms with Crippen LogP contribution in [-0.4, -0.2) is 11.3 Å². The van der Waals surface area contributed by atoms with E-state index < -0.39 is 0 Å². The molecule has 0 unspecified atom stereocenters. The summed E-state index contributed by atoms with van der Waals surface area (Å²) in [5.74, 6) is 2.08. The van der Waals surface area contributed by atoms with Crippen LogP contribution in [0.3, 0.4) is 0 Å². The van der Waals surface area contributed by atoms with Gasteiger partial charge in [-0.25, -0.2) is 0 Å². The molecule has 0 atom stereocenters. The van der Waals surface area contributed by atoms with E-state index in [9.17, 15) is 4.79 Å². The van der Waals surface area contributed by atoms with Crippen molar-refractivity contribution in [2.24, 2.45) is 0 Å². The number of aromatic nitrogens is 1. The molecule has 1 aromatic heterocycles. The van der Waals surface area contributed by atoms with Crippen LogP contribution in [0, 0.1) is 0 Å². The summed E-state index contributed by atoms with van der Waals surface area (Å²) in [6.45, 7) is 4.45. The lowest BCUT2D eigenvalue weighted by molar-refractivity contribution is 0.241. The number of hydrogen-bond acceptors (Lipinski definition) is 4. The highest BCUT2D eigenvalue weighted by atomic mass is 16.5. The molecular formula is C19H19NO4. The summed E-state index contributed by atoms with van der Waals surface area (Å²) in [6.07, 6.45) is 0.141. The lowest BCUT2D eigenvalue weighted by Crippen LogP contribution is -2.06. The standard InChI is InChI=1S/C19H19NO4/c1-13(2)23-17-5-3-4-14(10-17)12-22-16-8-6-15(7-9-16)18-11-19(21)20-24-18/h3-11,13H,12H2,1-2H3,(H,20,21). The van der Waals surface area contributed by atoms with Crippen molar-refractivity contribution < 1.29 is 14.0 Å². The van der Waals surface area contributed by atoms with Gasteiger partial charge in [0.25, 0.3) is 5.56 Å². The van der Waals surface area contributed by atoms with E-state index in [2.05, 4.69) is 5.16 Å². The Kier molecular flexibility index (Phi) is 4.70. The molecule has 0 saturated carbocycles. The van der Waals surface area contributed by atoms with Gasteiger partial charge >= 0.3 is 0 Å². The predicted molar refractivity (Wildman–Crippen MR) is 91.3 cm³/mol. The first kappa shape index (κ1) is 15.9. The molecule has 0 aliphatic heterocycles. The Morgan fingerprint density at radius 3 is 2.50 bits per heavy atom. The molecule has 124 valence electrons. The number of rotatable bonds is 6. The van der Waals surface area contributed by atoms with Gasteiger partial charge < -0.3 is 14.0 Å². The maximum atomic E-state index is 11.1. The van der Waals surface area contributed by atoms with E-state index >= 15 is 0 Å². The highest BCUT2D eigenvalue weighted by molar-refractivity contribution is 5.57. The number of benzene rings is 2. The molecule has 3 aromatic rings. The van der Waals surface area contributed by atoms with Gasteiger partial charge in [0, 0.05) is 5.56 Å². The molecule has 0 saturated heterocycles. The number of ether oxygens (including phenoxy) is 2. The van der Waals surface area contributed by atoms with E-state index in [0.29, 0.717) is 12.4 Å². The fourth-order valence-electron chi connectivity index (χ4n) is 2.29. The molecule has 24 heavy (non-hydrogen) atoms. The first-order chi connectivity index (χ1) is 11.6. The Labute approximate surface area is 139 Å². The van der Waals surface area contributed by atoms with Crippen LogP contribution in [0.25, 0.3) is 11.3 Å². The van der Waals surface area contributed by atoms with E-state index in [1.54, 1.807) is 0 Å². The maximum absolute atomic E-state index is 11.1. The molecular weight excluding hydrogens is 306 g/mol. The van der Waals surface area contributed by atoms with Gasteiger partial charge in [-0.2, -0.15) is 5.16 Å². The zero-order valence-electron chi connectivity index (χ0n) is 13.6. The average Bonchev–Trinajstić information content (AvgIpc) is 3.00. The SMILES string of the molecule is CC(C)Oc1cccc(COc2ccc(-c3cc(=O)[nH]o3)cc2)c1. The van der Waals surface area contributed by atoms with Gasteiger partial charge in [-0.05, 0) is 55.8 Å². The zero-order chi connectivity index (χ0) is 16.9. The van der Waals surface area contributed by atoms with Crippen molar-refractivity contribution in [1.29, 1.82) is 0 Å². The van der Waals surface area contributed by atoms with Crippen LogP contribution in [0.15, 0.2) is 63.9 Å². The second kappa shape index (κ2) is 7.08. The van der Waals surface area contributed by atoms with Crippen LogP contribution in [0.1, 0.15) is 19.4 Å². The molecule has 5 heteroatoms. The summed E-state index contributed by atoms with van der Waals surface area (Å²) in [7, 11) is 0. The highest BCUT2D eigenvalue weighted by Gasteiger charge is 2.05. The molecule has 0 aliphatic rings. The summed E-state index contributed by atoms with van der Waals surface area (Å²) in [5, 5.41) is 2.27. The molecule has 1 N–H and O–H groups in total. The van der Waals surface area contributed by atoms with Crippen LogP contribution in [0.4, 0.5) is 0 Å². The van der Waals surface area contributed by atoms with Gasteiger partial charge in [0.2, 0.25) is 0 Å². The number of hydrogen-bond donors (Lipinski definition) is 1. The van der Waals surface area contributed by atoms with Crippen molar-refractivity contribution in [3.8, 4) is 22.8 Å². The van der Waals surface area contributed by atoms with E-state index in [-0.39, 0.29) is 11.7 Å².